The fourth-order valence-electron chi connectivity index (χ4n) is 2.32. The van der Waals surface area contributed by atoms with Crippen molar-refractivity contribution in [1.29, 1.82) is 5.26 Å². The molecule has 0 saturated carbocycles. The van der Waals surface area contributed by atoms with Crippen molar-refractivity contribution >= 4 is 5.97 Å². The number of benzene rings is 2. The number of nitrogens with zero attached hydrogens (tertiary/aromatic N) is 3. The van der Waals surface area contributed by atoms with E-state index < -0.39 is 5.97 Å². The Morgan fingerprint density at radius 1 is 0.963 bits per heavy atom. The summed E-state index contributed by atoms with van der Waals surface area (Å²) in [6.45, 7) is 0. The van der Waals surface area contributed by atoms with Crippen LogP contribution in [0.2, 0.25) is 0 Å². The molecule has 0 aliphatic carbocycles. The van der Waals surface area contributed by atoms with E-state index in [2.05, 4.69) is 14.7 Å². The van der Waals surface area contributed by atoms with E-state index in [1.807, 2.05) is 18.2 Å². The van der Waals surface area contributed by atoms with Crippen LogP contribution < -0.4 is 9.47 Å². The second kappa shape index (κ2) is 7.97. The minimum atomic E-state index is -0.439. The van der Waals surface area contributed by atoms with Gasteiger partial charge in [0.15, 0.2) is 0 Å². The van der Waals surface area contributed by atoms with Gasteiger partial charge in [0.1, 0.15) is 23.3 Å². The van der Waals surface area contributed by atoms with Crippen LogP contribution >= 0.6 is 0 Å². The van der Waals surface area contributed by atoms with E-state index in [9.17, 15) is 10.1 Å². The van der Waals surface area contributed by atoms with Gasteiger partial charge < -0.3 is 14.2 Å². The van der Waals surface area contributed by atoms with E-state index >= 15 is 0 Å². The fourth-order valence-corrected chi connectivity index (χ4v) is 2.32. The molecule has 0 fully saturated rings. The predicted octanol–water partition coefficient (Wildman–Crippen LogP) is 3.60. The lowest BCUT2D eigenvalue weighted by atomic mass is 10.1. The third-order valence-corrected chi connectivity index (χ3v) is 3.69. The number of carbonyl (C=O) groups is 1. The Morgan fingerprint density at radius 3 is 2.22 bits per heavy atom. The number of ether oxygens (including phenoxy) is 3. The summed E-state index contributed by atoms with van der Waals surface area (Å²) in [7, 11) is 2.90. The van der Waals surface area contributed by atoms with E-state index in [1.165, 1.54) is 7.11 Å². The van der Waals surface area contributed by atoms with Crippen molar-refractivity contribution in [3.63, 3.8) is 0 Å². The molecule has 0 spiro atoms. The maximum atomic E-state index is 11.5. The number of aromatic nitrogens is 2. The zero-order valence-electron chi connectivity index (χ0n) is 14.7. The largest absolute Gasteiger partial charge is 0.497 e. The number of methoxy groups -OCH3 is 2. The molecule has 0 aliphatic heterocycles. The molecule has 0 saturated heterocycles. The van der Waals surface area contributed by atoms with Crippen molar-refractivity contribution in [1.82, 2.24) is 9.97 Å². The lowest BCUT2D eigenvalue weighted by molar-refractivity contribution is 0.0600. The smallest absolute Gasteiger partial charge is 0.337 e. The van der Waals surface area contributed by atoms with Crippen LogP contribution in [0.4, 0.5) is 0 Å². The molecule has 0 amide bonds. The lowest BCUT2D eigenvalue weighted by Crippen LogP contribution is -2.01. The molecule has 134 valence electrons. The van der Waals surface area contributed by atoms with Gasteiger partial charge in [-0.3, -0.25) is 0 Å². The standard InChI is InChI=1S/C20H15N3O4/c1-25-16-7-3-13(4-8-16)18-11-15(12-21)22-20(23-18)27-17-9-5-14(6-10-17)19(24)26-2/h3-11H,1-2H3. The van der Waals surface area contributed by atoms with Crippen LogP contribution in [-0.4, -0.2) is 30.2 Å². The Morgan fingerprint density at radius 2 is 1.63 bits per heavy atom. The van der Waals surface area contributed by atoms with Gasteiger partial charge in [-0.1, -0.05) is 0 Å². The molecule has 0 N–H and O–H groups in total. The van der Waals surface area contributed by atoms with Gasteiger partial charge >= 0.3 is 12.0 Å². The van der Waals surface area contributed by atoms with Crippen LogP contribution in [0.25, 0.3) is 11.3 Å². The molecule has 3 aromatic rings. The number of hydrogen-bond acceptors (Lipinski definition) is 7. The van der Waals surface area contributed by atoms with Crippen LogP contribution in [0, 0.1) is 11.3 Å². The van der Waals surface area contributed by atoms with Crippen LogP contribution in [0.3, 0.4) is 0 Å². The summed E-state index contributed by atoms with van der Waals surface area (Å²) < 4.78 is 15.4. The Hall–Kier alpha value is -3.92. The summed E-state index contributed by atoms with van der Waals surface area (Å²) in [4.78, 5) is 19.9. The first kappa shape index (κ1) is 17.9. The summed E-state index contributed by atoms with van der Waals surface area (Å²) in [6.07, 6.45) is 0. The van der Waals surface area contributed by atoms with Crippen molar-refractivity contribution in [2.75, 3.05) is 14.2 Å². The van der Waals surface area contributed by atoms with Crippen molar-refractivity contribution < 1.29 is 19.0 Å². The van der Waals surface area contributed by atoms with Crippen molar-refractivity contribution in [3.8, 4) is 34.8 Å². The molecule has 0 radical (unpaired) electrons. The Balaban J connectivity index is 1.89. The summed E-state index contributed by atoms with van der Waals surface area (Å²) in [5.41, 5.74) is 1.92. The quantitative estimate of drug-likeness (QED) is 0.641. The van der Waals surface area contributed by atoms with E-state index in [-0.39, 0.29) is 11.7 Å². The van der Waals surface area contributed by atoms with Gasteiger partial charge in [-0.15, -0.1) is 0 Å². The van der Waals surface area contributed by atoms with Crippen LogP contribution in [0.15, 0.2) is 54.6 Å². The second-order valence-corrected chi connectivity index (χ2v) is 5.38. The number of esters is 1. The molecular formula is C20H15N3O4. The summed E-state index contributed by atoms with van der Waals surface area (Å²) in [5, 5.41) is 9.24. The molecule has 7 nitrogen and oxygen atoms in total. The van der Waals surface area contributed by atoms with E-state index in [1.54, 1.807) is 49.6 Å². The van der Waals surface area contributed by atoms with Crippen LogP contribution in [-0.2, 0) is 4.74 Å². The Kier molecular flexibility index (Phi) is 5.28. The molecule has 0 bridgehead atoms. The Labute approximate surface area is 155 Å². The molecular weight excluding hydrogens is 346 g/mol. The normalized spacial score (nSPS) is 9.96. The summed E-state index contributed by atoms with van der Waals surface area (Å²) >= 11 is 0. The molecule has 3 rings (SSSR count). The first-order chi connectivity index (χ1) is 13.1. The van der Waals surface area contributed by atoms with Gasteiger partial charge in [-0.05, 0) is 48.5 Å². The molecule has 7 heteroatoms. The summed E-state index contributed by atoms with van der Waals surface area (Å²) in [5.74, 6) is 0.708. The third-order valence-electron chi connectivity index (χ3n) is 3.69. The second-order valence-electron chi connectivity index (χ2n) is 5.38. The number of rotatable bonds is 5. The highest BCUT2D eigenvalue weighted by atomic mass is 16.5. The van der Waals surface area contributed by atoms with Crippen LogP contribution in [0.1, 0.15) is 16.1 Å². The average Bonchev–Trinajstić information content (AvgIpc) is 2.73. The van der Waals surface area contributed by atoms with E-state index in [4.69, 9.17) is 9.47 Å². The average molecular weight is 361 g/mol. The highest BCUT2D eigenvalue weighted by molar-refractivity contribution is 5.89. The minimum absolute atomic E-state index is 0.0330. The molecule has 1 heterocycles. The summed E-state index contributed by atoms with van der Waals surface area (Å²) in [6, 6.07) is 17.2. The van der Waals surface area contributed by atoms with Gasteiger partial charge in [0.2, 0.25) is 0 Å². The first-order valence-electron chi connectivity index (χ1n) is 7.93. The van der Waals surface area contributed by atoms with Gasteiger partial charge in [-0.2, -0.15) is 15.2 Å². The zero-order chi connectivity index (χ0) is 19.2. The highest BCUT2D eigenvalue weighted by Crippen LogP contribution is 2.25. The molecule has 0 aliphatic rings. The first-order valence-corrected chi connectivity index (χ1v) is 7.93. The SMILES string of the molecule is COC(=O)c1ccc(Oc2nc(C#N)cc(-c3ccc(OC)cc3)n2)cc1. The van der Waals surface area contributed by atoms with Crippen molar-refractivity contribution in [3.05, 3.63) is 65.9 Å². The van der Waals surface area contributed by atoms with Crippen LogP contribution in [0.5, 0.6) is 17.5 Å². The minimum Gasteiger partial charge on any atom is -0.497 e. The van der Waals surface area contributed by atoms with Gasteiger partial charge in [-0.25, -0.2) is 4.79 Å². The van der Waals surface area contributed by atoms with E-state index in [0.717, 1.165) is 11.3 Å². The topological polar surface area (TPSA) is 94.3 Å². The molecule has 27 heavy (non-hydrogen) atoms. The fraction of sp³-hybridized carbons (Fsp3) is 0.100. The van der Waals surface area contributed by atoms with Gasteiger partial charge in [0.05, 0.1) is 25.5 Å². The number of carbonyl (C=O) groups excluding carboxylic acids is 1. The third kappa shape index (κ3) is 4.19. The maximum Gasteiger partial charge on any atom is 0.337 e. The predicted molar refractivity (Wildman–Crippen MR) is 96.6 cm³/mol. The number of hydrogen-bond donors (Lipinski definition) is 0. The zero-order valence-corrected chi connectivity index (χ0v) is 14.7. The van der Waals surface area contributed by atoms with E-state index in [0.29, 0.717) is 17.0 Å². The van der Waals surface area contributed by atoms with Gasteiger partial charge in [0, 0.05) is 11.6 Å². The Bertz CT molecular complexity index is 993. The van der Waals surface area contributed by atoms with Gasteiger partial charge in [0.25, 0.3) is 0 Å². The molecule has 1 aromatic heterocycles. The monoisotopic (exact) mass is 361 g/mol. The highest BCUT2D eigenvalue weighted by Gasteiger charge is 2.10. The lowest BCUT2D eigenvalue weighted by Gasteiger charge is -2.08. The van der Waals surface area contributed by atoms with Crippen molar-refractivity contribution in [2.24, 2.45) is 0 Å². The number of nitriles is 1. The molecule has 2 aromatic carbocycles. The maximum absolute atomic E-state index is 11.5. The van der Waals surface area contributed by atoms with Crippen molar-refractivity contribution in [2.45, 2.75) is 0 Å². The molecule has 0 atom stereocenters. The molecule has 0 unspecified atom stereocenters.